The van der Waals surface area contributed by atoms with Crippen molar-refractivity contribution in [3.63, 3.8) is 0 Å². The van der Waals surface area contributed by atoms with Crippen molar-refractivity contribution in [3.05, 3.63) is 87.4 Å². The third-order valence-corrected chi connectivity index (χ3v) is 6.28. The van der Waals surface area contributed by atoms with Gasteiger partial charge in [0, 0.05) is 29.9 Å². The second-order valence-corrected chi connectivity index (χ2v) is 9.41. The highest BCUT2D eigenvalue weighted by molar-refractivity contribution is 9.10. The van der Waals surface area contributed by atoms with Crippen molar-refractivity contribution in [1.29, 1.82) is 0 Å². The molecule has 0 aliphatic rings. The van der Waals surface area contributed by atoms with Gasteiger partial charge in [0.2, 0.25) is 5.91 Å². The maximum atomic E-state index is 13.4. The highest BCUT2D eigenvalue weighted by Gasteiger charge is 2.22. The van der Waals surface area contributed by atoms with Crippen LogP contribution in [0.3, 0.4) is 0 Å². The number of carboxylic acid groups (broad SMARTS) is 1. The van der Waals surface area contributed by atoms with Crippen LogP contribution in [0.15, 0.2) is 59.2 Å². The largest absolute Gasteiger partial charge is 0.478 e. The van der Waals surface area contributed by atoms with Gasteiger partial charge in [-0.15, -0.1) is 0 Å². The van der Waals surface area contributed by atoms with Crippen molar-refractivity contribution in [2.75, 3.05) is 0 Å². The van der Waals surface area contributed by atoms with Crippen LogP contribution < -0.4 is 10.8 Å². The molecule has 1 aromatic heterocycles. The van der Waals surface area contributed by atoms with E-state index in [4.69, 9.17) is 10.3 Å². The van der Waals surface area contributed by atoms with Gasteiger partial charge in [0.1, 0.15) is 11.5 Å². The van der Waals surface area contributed by atoms with E-state index in [1.807, 2.05) is 28.8 Å². The van der Waals surface area contributed by atoms with Crippen LogP contribution in [0.2, 0.25) is 0 Å². The normalized spacial score (nSPS) is 11.6. The number of halogens is 1. The molecule has 190 valence electrons. The van der Waals surface area contributed by atoms with Gasteiger partial charge in [0.15, 0.2) is 0 Å². The van der Waals surface area contributed by atoms with Gasteiger partial charge in [-0.1, -0.05) is 53.5 Å². The Hall–Kier alpha value is -3.50. The number of imidazole rings is 1. The van der Waals surface area contributed by atoms with Gasteiger partial charge >= 0.3 is 5.97 Å². The van der Waals surface area contributed by atoms with Crippen molar-refractivity contribution >= 4 is 33.7 Å². The molecule has 0 bridgehead atoms. The quantitative estimate of drug-likeness (QED) is 0.197. The molecular weight excluding hydrogens is 528 g/mol. The Morgan fingerprint density at radius 1 is 1.06 bits per heavy atom. The van der Waals surface area contributed by atoms with Crippen molar-refractivity contribution in [3.8, 4) is 0 Å². The summed E-state index contributed by atoms with van der Waals surface area (Å²) in [6.45, 7) is 2.42. The summed E-state index contributed by atoms with van der Waals surface area (Å²) in [5.41, 5.74) is 3.91. The van der Waals surface area contributed by atoms with Crippen molar-refractivity contribution in [1.82, 2.24) is 20.3 Å². The minimum atomic E-state index is -1.00. The lowest BCUT2D eigenvalue weighted by Gasteiger charge is -2.19. The molecule has 0 aliphatic heterocycles. The van der Waals surface area contributed by atoms with Gasteiger partial charge in [-0.3, -0.25) is 14.8 Å². The number of carboxylic acids is 1. The average Bonchev–Trinajstić information content (AvgIpc) is 3.26. The minimum absolute atomic E-state index is 0.105. The molecule has 36 heavy (non-hydrogen) atoms. The molecule has 2 amide bonds. The van der Waals surface area contributed by atoms with E-state index in [1.165, 1.54) is 18.3 Å². The highest BCUT2D eigenvalue weighted by atomic mass is 79.9. The van der Waals surface area contributed by atoms with Gasteiger partial charge < -0.3 is 15.0 Å². The lowest BCUT2D eigenvalue weighted by Crippen LogP contribution is -2.41. The molecular formula is C26H29BrN4O5. The van der Waals surface area contributed by atoms with E-state index in [-0.39, 0.29) is 17.9 Å². The molecule has 0 fully saturated rings. The van der Waals surface area contributed by atoms with Gasteiger partial charge in [0.25, 0.3) is 5.91 Å². The molecule has 0 spiro atoms. The number of unbranched alkanes of at least 4 members (excludes halogenated alkanes) is 1. The van der Waals surface area contributed by atoms with Crippen LogP contribution in [0.4, 0.5) is 0 Å². The summed E-state index contributed by atoms with van der Waals surface area (Å²) in [5.74, 6) is -1.24. The standard InChI is InChI=1S/C26H29BrN4O5/c1-2-3-4-23-28-15-22(31(23)16-18-5-9-19(10-6-18)26(34)35)25(33)29-21(14-24(32)30-36)13-17-7-11-20(27)12-8-17/h5-12,15,21,36H,2-4,13-14,16H2,1H3,(H,29,33)(H,30,32)(H,34,35). The molecule has 2 aromatic carbocycles. The molecule has 0 aliphatic carbocycles. The second kappa shape index (κ2) is 13.0. The van der Waals surface area contributed by atoms with Gasteiger partial charge in [-0.25, -0.2) is 15.3 Å². The first-order chi connectivity index (χ1) is 17.3. The Labute approximate surface area is 217 Å². The molecule has 1 unspecified atom stereocenters. The molecule has 4 N–H and O–H groups in total. The van der Waals surface area contributed by atoms with Crippen LogP contribution >= 0.6 is 15.9 Å². The molecule has 3 rings (SSSR count). The number of nitrogens with zero attached hydrogens (tertiary/aromatic N) is 2. The third-order valence-electron chi connectivity index (χ3n) is 5.75. The van der Waals surface area contributed by atoms with Crippen molar-refractivity contribution in [2.24, 2.45) is 0 Å². The number of nitrogens with one attached hydrogen (secondary N) is 2. The van der Waals surface area contributed by atoms with Crippen molar-refractivity contribution < 1.29 is 24.7 Å². The Balaban J connectivity index is 1.85. The lowest BCUT2D eigenvalue weighted by molar-refractivity contribution is -0.129. The fraction of sp³-hybridized carbons (Fsp3) is 0.308. The van der Waals surface area contributed by atoms with E-state index in [9.17, 15) is 14.4 Å². The van der Waals surface area contributed by atoms with E-state index in [2.05, 4.69) is 33.2 Å². The number of aromatic nitrogens is 2. The summed E-state index contributed by atoms with van der Waals surface area (Å²) < 4.78 is 2.74. The number of benzene rings is 2. The number of aryl methyl sites for hydroxylation is 1. The number of amides is 2. The Morgan fingerprint density at radius 2 is 1.72 bits per heavy atom. The maximum absolute atomic E-state index is 13.4. The Kier molecular flexibility index (Phi) is 9.77. The highest BCUT2D eigenvalue weighted by Crippen LogP contribution is 2.16. The van der Waals surface area contributed by atoms with Crippen molar-refractivity contribution in [2.45, 2.75) is 51.6 Å². The number of carbonyl (C=O) groups is 3. The number of hydroxylamine groups is 1. The van der Waals surface area contributed by atoms with E-state index in [0.29, 0.717) is 25.1 Å². The Bertz CT molecular complexity index is 1190. The maximum Gasteiger partial charge on any atom is 0.335 e. The average molecular weight is 557 g/mol. The monoisotopic (exact) mass is 556 g/mol. The third kappa shape index (κ3) is 7.50. The number of hydrogen-bond donors (Lipinski definition) is 4. The fourth-order valence-corrected chi connectivity index (χ4v) is 4.11. The zero-order valence-corrected chi connectivity index (χ0v) is 21.5. The van der Waals surface area contributed by atoms with E-state index in [0.717, 1.165) is 34.3 Å². The molecule has 10 heteroatoms. The molecule has 0 saturated heterocycles. The summed E-state index contributed by atoms with van der Waals surface area (Å²) >= 11 is 3.39. The summed E-state index contributed by atoms with van der Waals surface area (Å²) in [7, 11) is 0. The first-order valence-corrected chi connectivity index (χ1v) is 12.4. The predicted octanol–water partition coefficient (Wildman–Crippen LogP) is 3.97. The summed E-state index contributed by atoms with van der Waals surface area (Å²) in [6.07, 6.45) is 4.36. The van der Waals surface area contributed by atoms with E-state index >= 15 is 0 Å². The van der Waals surface area contributed by atoms with Crippen LogP contribution in [-0.4, -0.2) is 43.7 Å². The van der Waals surface area contributed by atoms with Gasteiger partial charge in [-0.2, -0.15) is 0 Å². The number of aromatic carboxylic acids is 1. The summed E-state index contributed by atoms with van der Waals surface area (Å²) in [6, 6.07) is 13.5. The molecule has 1 atom stereocenters. The molecule has 3 aromatic rings. The Morgan fingerprint density at radius 3 is 2.33 bits per heavy atom. The molecule has 9 nitrogen and oxygen atoms in total. The molecule has 1 heterocycles. The number of rotatable bonds is 12. The summed E-state index contributed by atoms with van der Waals surface area (Å²) in [4.78, 5) is 40.9. The van der Waals surface area contributed by atoms with Gasteiger partial charge in [0.05, 0.1) is 11.8 Å². The zero-order valence-electron chi connectivity index (χ0n) is 19.9. The molecule has 0 radical (unpaired) electrons. The van der Waals surface area contributed by atoms with Gasteiger partial charge in [-0.05, 0) is 48.2 Å². The minimum Gasteiger partial charge on any atom is -0.478 e. The first-order valence-electron chi connectivity index (χ1n) is 11.7. The topological polar surface area (TPSA) is 134 Å². The van der Waals surface area contributed by atoms with Crippen LogP contribution in [0, 0.1) is 0 Å². The van der Waals surface area contributed by atoms with Crippen LogP contribution in [0.25, 0.3) is 0 Å². The SMILES string of the molecule is CCCCc1ncc(C(=O)NC(CC(=O)NO)Cc2ccc(Br)cc2)n1Cc1ccc(C(=O)O)cc1. The first kappa shape index (κ1) is 27.1. The summed E-state index contributed by atoms with van der Waals surface area (Å²) in [5, 5.41) is 21.1. The lowest BCUT2D eigenvalue weighted by atomic mass is 10.0. The fourth-order valence-electron chi connectivity index (χ4n) is 3.85. The smallest absolute Gasteiger partial charge is 0.335 e. The second-order valence-electron chi connectivity index (χ2n) is 8.49. The van der Waals surface area contributed by atoms with Crippen LogP contribution in [0.1, 0.15) is 64.0 Å². The molecule has 0 saturated carbocycles. The van der Waals surface area contributed by atoms with E-state index in [1.54, 1.807) is 17.6 Å². The van der Waals surface area contributed by atoms with Crippen LogP contribution in [-0.2, 0) is 24.2 Å². The van der Waals surface area contributed by atoms with E-state index < -0.39 is 17.9 Å². The van der Waals surface area contributed by atoms with Crippen LogP contribution in [0.5, 0.6) is 0 Å². The number of carbonyl (C=O) groups excluding carboxylic acids is 2. The predicted molar refractivity (Wildman–Crippen MR) is 137 cm³/mol. The zero-order chi connectivity index (χ0) is 26.1. The number of hydrogen-bond acceptors (Lipinski definition) is 5.